The summed E-state index contributed by atoms with van der Waals surface area (Å²) in [6.07, 6.45) is 9.73. The molecule has 16 heteroatoms. The zero-order chi connectivity index (χ0) is 34.6. The number of nitrogens with zero attached hydrogens (tertiary/aromatic N) is 4. The van der Waals surface area contributed by atoms with Crippen LogP contribution in [0.1, 0.15) is 57.9 Å². The van der Waals surface area contributed by atoms with Crippen LogP contribution in [0, 0.1) is 36.0 Å². The maximum Gasteiger partial charge on any atom is 0.323 e. The van der Waals surface area contributed by atoms with E-state index in [0.29, 0.717) is 6.07 Å². The lowest BCUT2D eigenvalue weighted by Gasteiger charge is -2.32. The number of aromatic nitrogens is 4. The highest BCUT2D eigenvalue weighted by Crippen LogP contribution is 2.27. The zero-order valence-electron chi connectivity index (χ0n) is 26.7. The fraction of sp³-hybridized carbons (Fsp3) is 0.548. The number of carbonyl (C=O) groups excluding carboxylic acids is 1. The van der Waals surface area contributed by atoms with E-state index in [2.05, 4.69) is 39.8 Å². The van der Waals surface area contributed by atoms with Crippen LogP contribution in [0.15, 0.2) is 24.5 Å². The molecule has 47 heavy (non-hydrogen) atoms. The number of fused-ring (bicyclic) bond motifs is 1. The number of nitrogens with one attached hydrogen (secondary N) is 1. The maximum absolute atomic E-state index is 13.9. The van der Waals surface area contributed by atoms with E-state index in [1.165, 1.54) is 18.0 Å². The number of imidazole rings is 1. The Morgan fingerprint density at radius 1 is 1.17 bits per heavy atom. The van der Waals surface area contributed by atoms with Crippen LogP contribution in [-0.4, -0.2) is 68.7 Å². The van der Waals surface area contributed by atoms with Gasteiger partial charge >= 0.3 is 12.0 Å². The normalized spacial score (nSPS) is 14.9. The van der Waals surface area contributed by atoms with Crippen LogP contribution in [0.5, 0.6) is 0 Å². The summed E-state index contributed by atoms with van der Waals surface area (Å²) in [5, 5.41) is 13.7. The van der Waals surface area contributed by atoms with Crippen LogP contribution in [0.4, 0.5) is 19.0 Å². The standard InChI is InChI=1S/C31H42F3N6O6P/c1-5-8-10-20(11-9-6-2)17-45-29(42)24(14-21-12-22(32)15-23(33)13-21)39-47(43)46-18-31(7-3,44-4)25(41)16-40-19-36-26-27(35)37-30(34)38-28(26)40/h3,12-13,15,19-20,24-25,41,47H,5-6,8-11,14,16-18H2,1-2,4H3,(H,39,43)(H2,35,37,38)/t24-,25-,31?/m0/s1. The van der Waals surface area contributed by atoms with E-state index in [9.17, 15) is 27.6 Å². The van der Waals surface area contributed by atoms with Gasteiger partial charge in [-0.05, 0) is 42.9 Å². The fourth-order valence-electron chi connectivity index (χ4n) is 5.01. The van der Waals surface area contributed by atoms with Crippen LogP contribution in [0.2, 0.25) is 0 Å². The number of nitrogens with two attached hydrogens (primary N) is 1. The minimum atomic E-state index is -3.31. The van der Waals surface area contributed by atoms with Crippen LogP contribution in [0.25, 0.3) is 11.2 Å². The quantitative estimate of drug-likeness (QED) is 0.0672. The summed E-state index contributed by atoms with van der Waals surface area (Å²) in [5.74, 6) is -0.215. The van der Waals surface area contributed by atoms with E-state index in [1.807, 2.05) is 0 Å². The maximum atomic E-state index is 13.9. The number of aliphatic hydroxyl groups excluding tert-OH is 1. The smallest absolute Gasteiger partial charge is 0.323 e. The molecule has 2 aromatic heterocycles. The zero-order valence-corrected chi connectivity index (χ0v) is 27.7. The number of aliphatic hydroxyl groups is 1. The molecule has 2 heterocycles. The summed E-state index contributed by atoms with van der Waals surface area (Å²) in [5.41, 5.74) is 4.05. The van der Waals surface area contributed by atoms with Crippen molar-refractivity contribution in [2.75, 3.05) is 26.1 Å². The molecule has 12 nitrogen and oxygen atoms in total. The Labute approximate surface area is 272 Å². The SMILES string of the molecule is C#CC(CO[PH](=O)N[C@@H](Cc1cc(F)cc(F)c1)C(=O)OCC(CCCC)CCCC)(OC)[C@@H](O)Cn1cnc2c(N)nc(F)nc21. The topological polar surface area (TPSA) is 164 Å². The van der Waals surface area contributed by atoms with Gasteiger partial charge in [-0.1, -0.05) is 45.5 Å². The molecule has 3 rings (SSSR count). The number of hydrogen-bond acceptors (Lipinski definition) is 10. The second kappa shape index (κ2) is 18.1. The van der Waals surface area contributed by atoms with Gasteiger partial charge in [0.25, 0.3) is 8.18 Å². The number of nitrogen functional groups attached to an aromatic ring is 1. The Hall–Kier alpha value is -3.54. The van der Waals surface area contributed by atoms with Gasteiger partial charge < -0.3 is 29.4 Å². The average molecular weight is 683 g/mol. The number of unbranched alkanes of at least 4 members (excludes halogenated alkanes) is 2. The molecule has 0 fully saturated rings. The summed E-state index contributed by atoms with van der Waals surface area (Å²) in [6.45, 7) is 3.36. The highest BCUT2D eigenvalue weighted by atomic mass is 31.1. The summed E-state index contributed by atoms with van der Waals surface area (Å²) < 4.78 is 72.7. The summed E-state index contributed by atoms with van der Waals surface area (Å²) in [7, 11) is -2.11. The van der Waals surface area contributed by atoms with Crippen LogP contribution in [0.3, 0.4) is 0 Å². The number of carbonyl (C=O) groups is 1. The van der Waals surface area contributed by atoms with Gasteiger partial charge in [-0.15, -0.1) is 6.42 Å². The summed E-state index contributed by atoms with van der Waals surface area (Å²) in [4.78, 5) is 24.4. The van der Waals surface area contributed by atoms with Crippen molar-refractivity contribution < 1.29 is 41.6 Å². The summed E-state index contributed by atoms with van der Waals surface area (Å²) >= 11 is 0. The second-order valence-corrected chi connectivity index (χ2v) is 12.4. The van der Waals surface area contributed by atoms with Crippen molar-refractivity contribution in [1.82, 2.24) is 24.6 Å². The molecule has 0 saturated heterocycles. The molecule has 0 radical (unpaired) electrons. The van der Waals surface area contributed by atoms with Crippen molar-refractivity contribution in [3.63, 3.8) is 0 Å². The lowest BCUT2D eigenvalue weighted by molar-refractivity contribution is -0.147. The third kappa shape index (κ3) is 10.7. The molecule has 0 aliphatic heterocycles. The molecule has 0 bridgehead atoms. The first-order valence-electron chi connectivity index (χ1n) is 15.3. The predicted molar refractivity (Wildman–Crippen MR) is 170 cm³/mol. The monoisotopic (exact) mass is 682 g/mol. The number of rotatable bonds is 20. The molecule has 3 aromatic rings. The van der Waals surface area contributed by atoms with E-state index >= 15 is 0 Å². The highest BCUT2D eigenvalue weighted by Gasteiger charge is 2.38. The minimum Gasteiger partial charge on any atom is -0.464 e. The first-order valence-corrected chi connectivity index (χ1v) is 16.7. The van der Waals surface area contributed by atoms with Gasteiger partial charge in [0.1, 0.15) is 29.3 Å². The van der Waals surface area contributed by atoms with E-state index in [4.69, 9.17) is 26.2 Å². The van der Waals surface area contributed by atoms with Crippen LogP contribution >= 0.6 is 8.18 Å². The number of halogens is 3. The molecule has 1 aromatic carbocycles. The third-order valence-electron chi connectivity index (χ3n) is 7.73. The molecule has 0 saturated carbocycles. The second-order valence-electron chi connectivity index (χ2n) is 11.2. The molecule has 4 atom stereocenters. The fourth-order valence-corrected chi connectivity index (χ4v) is 5.94. The van der Waals surface area contributed by atoms with Gasteiger partial charge in [0.2, 0.25) is 0 Å². The molecule has 0 aliphatic rings. The van der Waals surface area contributed by atoms with Crippen LogP contribution < -0.4 is 10.8 Å². The molecular weight excluding hydrogens is 640 g/mol. The summed E-state index contributed by atoms with van der Waals surface area (Å²) in [6, 6.07) is 1.51. The van der Waals surface area contributed by atoms with Gasteiger partial charge in [0, 0.05) is 13.2 Å². The lowest BCUT2D eigenvalue weighted by atomic mass is 9.97. The van der Waals surface area contributed by atoms with Gasteiger partial charge in [0.15, 0.2) is 17.1 Å². The Kier molecular flexibility index (Phi) is 14.6. The first kappa shape index (κ1) is 37.9. The van der Waals surface area contributed by atoms with Gasteiger partial charge in [-0.25, -0.2) is 18.9 Å². The van der Waals surface area contributed by atoms with E-state index in [-0.39, 0.29) is 48.0 Å². The molecule has 0 amide bonds. The van der Waals surface area contributed by atoms with Crippen molar-refractivity contribution in [2.24, 2.45) is 5.92 Å². The number of anilines is 1. The van der Waals surface area contributed by atoms with E-state index < -0.39 is 56.2 Å². The van der Waals surface area contributed by atoms with Gasteiger partial charge in [-0.3, -0.25) is 9.36 Å². The van der Waals surface area contributed by atoms with Crippen molar-refractivity contribution in [3.8, 4) is 12.3 Å². The minimum absolute atomic E-state index is 0.00555. The van der Waals surface area contributed by atoms with E-state index in [1.54, 1.807) is 0 Å². The predicted octanol–water partition coefficient (Wildman–Crippen LogP) is 4.35. The Balaban J connectivity index is 1.73. The van der Waals surface area contributed by atoms with Crippen molar-refractivity contribution in [2.45, 2.75) is 83.1 Å². The third-order valence-corrected chi connectivity index (χ3v) is 8.72. The Bertz CT molecular complexity index is 1530. The van der Waals surface area contributed by atoms with Crippen molar-refractivity contribution >= 4 is 31.1 Å². The van der Waals surface area contributed by atoms with E-state index in [0.717, 1.165) is 50.7 Å². The molecule has 4 N–H and O–H groups in total. The van der Waals surface area contributed by atoms with Crippen LogP contribution in [-0.2, 0) is 36.3 Å². The Morgan fingerprint density at radius 2 is 1.83 bits per heavy atom. The number of methoxy groups -OCH3 is 1. The number of esters is 1. The molecular formula is C31H42F3N6O6P. The number of ether oxygens (including phenoxy) is 2. The van der Waals surface area contributed by atoms with Gasteiger partial charge in [-0.2, -0.15) is 14.4 Å². The number of hydrogen-bond donors (Lipinski definition) is 3. The number of terminal acetylenes is 1. The van der Waals surface area contributed by atoms with Gasteiger partial charge in [0.05, 0.1) is 26.1 Å². The Morgan fingerprint density at radius 3 is 2.43 bits per heavy atom. The molecule has 0 spiro atoms. The lowest BCUT2D eigenvalue weighted by Crippen LogP contribution is -2.49. The van der Waals surface area contributed by atoms with Crippen molar-refractivity contribution in [3.05, 3.63) is 47.8 Å². The molecule has 258 valence electrons. The largest absolute Gasteiger partial charge is 0.464 e. The molecule has 2 unspecified atom stereocenters. The average Bonchev–Trinajstić information content (AvgIpc) is 3.42. The number of benzene rings is 1. The van der Waals surface area contributed by atoms with Crippen molar-refractivity contribution in [1.29, 1.82) is 0 Å². The molecule has 0 aliphatic carbocycles. The highest BCUT2D eigenvalue weighted by molar-refractivity contribution is 7.36. The first-order chi connectivity index (χ1) is 22.4.